The first-order valence-electron chi connectivity index (χ1n) is 12.9. The average molecular weight is 597 g/mol. The summed E-state index contributed by atoms with van der Waals surface area (Å²) in [6.45, 7) is -0.807. The highest BCUT2D eigenvalue weighted by atomic mass is 16.7. The molecule has 2 fully saturated rings. The summed E-state index contributed by atoms with van der Waals surface area (Å²) in [5, 5.41) is 61.4. The van der Waals surface area contributed by atoms with Crippen molar-refractivity contribution in [1.82, 2.24) is 0 Å². The minimum Gasteiger partial charge on any atom is -0.496 e. The maximum atomic E-state index is 13.8. The summed E-state index contributed by atoms with van der Waals surface area (Å²) in [6.07, 6.45) is -14.0. The number of rotatable bonds is 8. The van der Waals surface area contributed by atoms with E-state index in [-0.39, 0.29) is 51.5 Å². The Morgan fingerprint density at radius 1 is 0.786 bits per heavy atom. The summed E-state index contributed by atoms with van der Waals surface area (Å²) in [6, 6.07) is 5.93. The Balaban J connectivity index is 1.48. The van der Waals surface area contributed by atoms with Gasteiger partial charge in [-0.2, -0.15) is 0 Å². The molecule has 42 heavy (non-hydrogen) atoms. The first-order chi connectivity index (χ1) is 20.1. The molecule has 5 rings (SSSR count). The molecular formula is C27H32O15. The minimum atomic E-state index is -1.78. The van der Waals surface area contributed by atoms with E-state index in [2.05, 4.69) is 0 Å². The fourth-order valence-electron chi connectivity index (χ4n) is 4.90. The third-order valence-electron chi connectivity index (χ3n) is 7.26. The zero-order valence-electron chi connectivity index (χ0n) is 22.8. The lowest BCUT2D eigenvalue weighted by molar-refractivity contribution is -0.307. The van der Waals surface area contributed by atoms with Crippen molar-refractivity contribution >= 4 is 21.9 Å². The quantitative estimate of drug-likeness (QED) is 0.165. The Bertz CT molecular complexity index is 1470. The van der Waals surface area contributed by atoms with Crippen LogP contribution in [0.5, 0.6) is 23.0 Å². The van der Waals surface area contributed by atoms with Crippen LogP contribution in [0, 0.1) is 0 Å². The van der Waals surface area contributed by atoms with Crippen LogP contribution in [-0.2, 0) is 14.2 Å². The maximum absolute atomic E-state index is 13.8. The predicted octanol–water partition coefficient (Wildman–Crippen LogP) is -1.39. The van der Waals surface area contributed by atoms with Gasteiger partial charge in [0.1, 0.15) is 76.3 Å². The van der Waals surface area contributed by atoms with E-state index in [1.807, 2.05) is 0 Å². The van der Waals surface area contributed by atoms with Crippen LogP contribution in [0.1, 0.15) is 0 Å². The van der Waals surface area contributed by atoms with Crippen molar-refractivity contribution in [1.29, 1.82) is 0 Å². The minimum absolute atomic E-state index is 0.0448. The summed E-state index contributed by atoms with van der Waals surface area (Å²) >= 11 is 0. The molecule has 0 saturated carbocycles. The van der Waals surface area contributed by atoms with Gasteiger partial charge in [-0.1, -0.05) is 0 Å². The molecule has 0 amide bonds. The zero-order chi connectivity index (χ0) is 30.3. The zero-order valence-corrected chi connectivity index (χ0v) is 22.8. The Kier molecular flexibility index (Phi) is 8.75. The molecule has 3 aromatic rings. The van der Waals surface area contributed by atoms with Gasteiger partial charge < -0.3 is 68.2 Å². The molecular weight excluding hydrogens is 564 g/mol. The smallest absolute Gasteiger partial charge is 0.229 e. The number of methoxy groups -OCH3 is 3. The van der Waals surface area contributed by atoms with Crippen LogP contribution < -0.4 is 24.4 Å². The van der Waals surface area contributed by atoms with Crippen LogP contribution in [-0.4, -0.2) is 120 Å². The Hall–Kier alpha value is -3.25. The summed E-state index contributed by atoms with van der Waals surface area (Å²) in [5.74, 6) is 0.560. The molecule has 2 saturated heterocycles. The molecule has 230 valence electrons. The first kappa shape index (κ1) is 30.2. The van der Waals surface area contributed by atoms with Gasteiger partial charge in [-0.25, -0.2) is 0 Å². The monoisotopic (exact) mass is 596 g/mol. The second-order valence-corrected chi connectivity index (χ2v) is 9.82. The number of fused-ring (bicyclic) bond motifs is 2. The van der Waals surface area contributed by atoms with Crippen LogP contribution in [0.3, 0.4) is 0 Å². The fourth-order valence-corrected chi connectivity index (χ4v) is 4.90. The Morgan fingerprint density at radius 3 is 2.17 bits per heavy atom. The standard InChI is InChI=1S/C27H32O15/c1-35-10-6-14-17(21(31)18-12(36-2)4-5-13(37-3)25(18)40-14)15(7-10)41-27-24(34)22(32)20(30)16(42-27)9-39-26-23(33)19(29)11(28)8-38-26/h4-7,11,16,19-20,22-24,26-30,32-34H,8-9H2,1-3H3/t11-,16-,19+,20-,22+,23-,24-,26+,27-/m1/s1. The molecule has 2 aromatic carbocycles. The summed E-state index contributed by atoms with van der Waals surface area (Å²) < 4.78 is 44.3. The lowest BCUT2D eigenvalue weighted by Crippen LogP contribution is -2.61. The summed E-state index contributed by atoms with van der Waals surface area (Å²) in [5.41, 5.74) is -0.402. The van der Waals surface area contributed by atoms with E-state index in [9.17, 15) is 35.4 Å². The summed E-state index contributed by atoms with van der Waals surface area (Å²) in [4.78, 5) is 13.8. The molecule has 0 radical (unpaired) electrons. The molecule has 0 bridgehead atoms. The van der Waals surface area contributed by atoms with Gasteiger partial charge in [-0.15, -0.1) is 0 Å². The van der Waals surface area contributed by atoms with Gasteiger partial charge in [0.15, 0.2) is 17.6 Å². The molecule has 0 aliphatic carbocycles. The van der Waals surface area contributed by atoms with E-state index in [0.717, 1.165) is 0 Å². The van der Waals surface area contributed by atoms with E-state index in [1.165, 1.54) is 39.5 Å². The van der Waals surface area contributed by atoms with Gasteiger partial charge in [0.2, 0.25) is 11.7 Å². The van der Waals surface area contributed by atoms with Gasteiger partial charge in [-0.05, 0) is 12.1 Å². The molecule has 3 heterocycles. The van der Waals surface area contributed by atoms with Crippen molar-refractivity contribution in [3.63, 3.8) is 0 Å². The normalized spacial score (nSPS) is 31.7. The first-order valence-corrected chi connectivity index (χ1v) is 12.9. The predicted molar refractivity (Wildman–Crippen MR) is 141 cm³/mol. The van der Waals surface area contributed by atoms with Crippen LogP contribution in [0.4, 0.5) is 0 Å². The molecule has 2 aliphatic rings. The molecule has 1 aromatic heterocycles. The molecule has 15 nitrogen and oxygen atoms in total. The number of ether oxygens (including phenoxy) is 7. The van der Waals surface area contributed by atoms with Crippen LogP contribution in [0.25, 0.3) is 21.9 Å². The van der Waals surface area contributed by atoms with Crippen LogP contribution in [0.15, 0.2) is 33.5 Å². The van der Waals surface area contributed by atoms with Gasteiger partial charge in [0.25, 0.3) is 0 Å². The van der Waals surface area contributed by atoms with E-state index in [0.29, 0.717) is 0 Å². The summed E-state index contributed by atoms with van der Waals surface area (Å²) in [7, 11) is 4.18. The molecule has 15 heteroatoms. The average Bonchev–Trinajstić information content (AvgIpc) is 2.99. The third-order valence-corrected chi connectivity index (χ3v) is 7.26. The highest BCUT2D eigenvalue weighted by Gasteiger charge is 2.46. The van der Waals surface area contributed by atoms with Gasteiger partial charge in [0, 0.05) is 12.1 Å². The molecule has 9 atom stereocenters. The Morgan fingerprint density at radius 2 is 1.48 bits per heavy atom. The lowest BCUT2D eigenvalue weighted by Gasteiger charge is -2.41. The van der Waals surface area contributed by atoms with Gasteiger partial charge in [0.05, 0.1) is 34.5 Å². The molecule has 2 aliphatic heterocycles. The van der Waals surface area contributed by atoms with Crippen molar-refractivity contribution in [2.24, 2.45) is 0 Å². The number of benzene rings is 2. The molecule has 0 unspecified atom stereocenters. The van der Waals surface area contributed by atoms with E-state index >= 15 is 0 Å². The maximum Gasteiger partial charge on any atom is 0.229 e. The second-order valence-electron chi connectivity index (χ2n) is 9.82. The lowest BCUT2D eigenvalue weighted by atomic mass is 9.99. The third kappa shape index (κ3) is 5.34. The van der Waals surface area contributed by atoms with Crippen LogP contribution >= 0.6 is 0 Å². The van der Waals surface area contributed by atoms with Crippen molar-refractivity contribution in [3.8, 4) is 23.0 Å². The fraction of sp³-hybridized carbons (Fsp3) is 0.519. The number of hydrogen-bond acceptors (Lipinski definition) is 15. The van der Waals surface area contributed by atoms with Crippen molar-refractivity contribution in [3.05, 3.63) is 34.5 Å². The van der Waals surface area contributed by atoms with Crippen molar-refractivity contribution < 1.29 is 68.2 Å². The van der Waals surface area contributed by atoms with Crippen molar-refractivity contribution in [2.75, 3.05) is 34.5 Å². The SMILES string of the molecule is COc1cc(O[C@@H]2O[C@H](CO[C@@H]3OC[C@@H](O)[C@H](O)[C@H]3O)[C@@H](O)[C@H](O)[C@H]2O)c2c(=O)c3c(OC)ccc(OC)c3oc2c1. The number of hydrogen-bond donors (Lipinski definition) is 6. The number of aliphatic hydroxyl groups is 6. The number of aliphatic hydroxyl groups excluding tert-OH is 6. The van der Waals surface area contributed by atoms with E-state index in [1.54, 1.807) is 6.07 Å². The van der Waals surface area contributed by atoms with E-state index < -0.39 is 67.3 Å². The second kappa shape index (κ2) is 12.2. The Labute approximate surface area is 237 Å². The largest absolute Gasteiger partial charge is 0.496 e. The molecule has 0 spiro atoms. The van der Waals surface area contributed by atoms with E-state index in [4.69, 9.17) is 37.6 Å². The highest BCUT2D eigenvalue weighted by molar-refractivity contribution is 5.98. The van der Waals surface area contributed by atoms with Crippen LogP contribution in [0.2, 0.25) is 0 Å². The van der Waals surface area contributed by atoms with Crippen molar-refractivity contribution in [2.45, 2.75) is 55.3 Å². The van der Waals surface area contributed by atoms with Gasteiger partial charge in [-0.3, -0.25) is 4.79 Å². The van der Waals surface area contributed by atoms with Gasteiger partial charge >= 0.3 is 0 Å². The topological polar surface area (TPSA) is 216 Å². The molecule has 6 N–H and O–H groups in total. The highest BCUT2D eigenvalue weighted by Crippen LogP contribution is 2.38.